The molecule has 3 fully saturated rings. The zero-order valence-electron chi connectivity index (χ0n) is 26.1. The number of nitrogens with zero attached hydrogens (tertiary/aromatic N) is 5. The van der Waals surface area contributed by atoms with E-state index >= 15 is 0 Å². The summed E-state index contributed by atoms with van der Waals surface area (Å²) in [5, 5.41) is 3.64. The van der Waals surface area contributed by atoms with E-state index in [2.05, 4.69) is 59.9 Å². The fourth-order valence-corrected chi connectivity index (χ4v) is 8.10. The monoisotopic (exact) mass is 614 g/mol. The average Bonchev–Trinajstić information content (AvgIpc) is 3.23. The number of aromatic nitrogens is 2. The minimum Gasteiger partial charge on any atom is -0.483 e. The number of anilines is 3. The van der Waals surface area contributed by atoms with E-state index in [9.17, 15) is 4.79 Å². The summed E-state index contributed by atoms with van der Waals surface area (Å²) in [5.74, 6) is 5.33. The lowest BCUT2D eigenvalue weighted by Crippen LogP contribution is -2.55. The molecule has 2 atom stereocenters. The summed E-state index contributed by atoms with van der Waals surface area (Å²) in [7, 11) is 0. The SMILES string of the molecule is Cc1cc(C2CN(C3CN(C(=O)OCc4ccccc4)CC3(C)C)C2)cc2c1OC(C)c1c(ncnc1N1CCSCC1)N2. The smallest absolute Gasteiger partial charge is 0.410 e. The molecule has 3 saturated heterocycles. The number of carbonyl (C=O) groups excluding carboxylic acids is 1. The summed E-state index contributed by atoms with van der Waals surface area (Å²) in [6.45, 7) is 14.4. The molecule has 7 rings (SSSR count). The number of nitrogens with one attached hydrogen (secondary N) is 1. The van der Waals surface area contributed by atoms with Gasteiger partial charge in [0.1, 0.15) is 36.4 Å². The summed E-state index contributed by atoms with van der Waals surface area (Å²) in [6, 6.07) is 14.7. The lowest BCUT2D eigenvalue weighted by molar-refractivity contribution is 0.0486. The highest BCUT2D eigenvalue weighted by Gasteiger charge is 2.48. The van der Waals surface area contributed by atoms with Gasteiger partial charge >= 0.3 is 6.09 Å². The fourth-order valence-electron chi connectivity index (χ4n) is 7.19. The number of hydrogen-bond donors (Lipinski definition) is 1. The van der Waals surface area contributed by atoms with Crippen molar-refractivity contribution >= 4 is 35.2 Å². The first-order valence-electron chi connectivity index (χ1n) is 15.7. The van der Waals surface area contributed by atoms with Crippen LogP contribution < -0.4 is 15.0 Å². The zero-order valence-corrected chi connectivity index (χ0v) is 26.9. The molecule has 0 bridgehead atoms. The van der Waals surface area contributed by atoms with Crippen LogP contribution in [0.3, 0.4) is 0 Å². The van der Waals surface area contributed by atoms with Crippen LogP contribution in [0, 0.1) is 12.3 Å². The number of carbonyl (C=O) groups is 1. The average molecular weight is 615 g/mol. The number of amides is 1. The molecule has 44 heavy (non-hydrogen) atoms. The number of ether oxygens (including phenoxy) is 2. The van der Waals surface area contributed by atoms with Crippen LogP contribution >= 0.6 is 11.8 Å². The first-order chi connectivity index (χ1) is 21.3. The van der Waals surface area contributed by atoms with Crippen molar-refractivity contribution in [2.45, 2.75) is 52.4 Å². The van der Waals surface area contributed by atoms with Crippen molar-refractivity contribution in [3.63, 3.8) is 0 Å². The van der Waals surface area contributed by atoms with Crippen LogP contribution in [-0.2, 0) is 11.3 Å². The van der Waals surface area contributed by atoms with E-state index in [1.165, 1.54) is 5.56 Å². The van der Waals surface area contributed by atoms with E-state index in [-0.39, 0.29) is 17.6 Å². The second kappa shape index (κ2) is 11.8. The van der Waals surface area contributed by atoms with Crippen molar-refractivity contribution in [3.8, 4) is 5.75 Å². The molecule has 1 amide bonds. The molecule has 10 heteroatoms. The highest BCUT2D eigenvalue weighted by molar-refractivity contribution is 7.99. The van der Waals surface area contributed by atoms with E-state index in [4.69, 9.17) is 14.5 Å². The van der Waals surface area contributed by atoms with E-state index in [0.29, 0.717) is 31.7 Å². The van der Waals surface area contributed by atoms with Crippen LogP contribution in [0.15, 0.2) is 48.8 Å². The van der Waals surface area contributed by atoms with Gasteiger partial charge in [-0.1, -0.05) is 50.2 Å². The third-order valence-corrected chi connectivity index (χ3v) is 10.5. The number of aryl methyl sites for hydroxylation is 1. The van der Waals surface area contributed by atoms with Gasteiger partial charge in [-0.2, -0.15) is 11.8 Å². The molecule has 1 N–H and O–H groups in total. The molecule has 5 heterocycles. The topological polar surface area (TPSA) is 83.1 Å². The molecular weight excluding hydrogens is 572 g/mol. The maximum absolute atomic E-state index is 12.9. The second-order valence-electron chi connectivity index (χ2n) is 13.2. The number of fused-ring (bicyclic) bond motifs is 2. The summed E-state index contributed by atoms with van der Waals surface area (Å²) >= 11 is 1.99. The summed E-state index contributed by atoms with van der Waals surface area (Å²) in [4.78, 5) is 29.1. The molecule has 0 saturated carbocycles. The molecule has 2 unspecified atom stereocenters. The van der Waals surface area contributed by atoms with Crippen molar-refractivity contribution in [1.82, 2.24) is 19.8 Å². The van der Waals surface area contributed by atoms with Gasteiger partial charge in [0, 0.05) is 62.7 Å². The molecule has 232 valence electrons. The molecule has 4 aliphatic rings. The number of benzene rings is 2. The minimum atomic E-state index is -0.227. The maximum Gasteiger partial charge on any atom is 0.410 e. The third-order valence-electron chi connectivity index (χ3n) is 9.60. The Morgan fingerprint density at radius 1 is 1.11 bits per heavy atom. The number of rotatable bonds is 5. The van der Waals surface area contributed by atoms with Crippen molar-refractivity contribution in [2.24, 2.45) is 5.41 Å². The lowest BCUT2D eigenvalue weighted by Gasteiger charge is -2.47. The lowest BCUT2D eigenvalue weighted by atomic mass is 9.81. The highest BCUT2D eigenvalue weighted by atomic mass is 32.2. The Kier molecular flexibility index (Phi) is 7.82. The Labute approximate surface area is 264 Å². The highest BCUT2D eigenvalue weighted by Crippen LogP contribution is 2.46. The predicted molar refractivity (Wildman–Crippen MR) is 175 cm³/mol. The van der Waals surface area contributed by atoms with Crippen LogP contribution in [-0.4, -0.2) is 82.7 Å². The largest absolute Gasteiger partial charge is 0.483 e. The van der Waals surface area contributed by atoms with Crippen molar-refractivity contribution in [2.75, 3.05) is 61.0 Å². The maximum atomic E-state index is 12.9. The summed E-state index contributed by atoms with van der Waals surface area (Å²) in [5.41, 5.74) is 5.42. The van der Waals surface area contributed by atoms with Gasteiger partial charge in [-0.15, -0.1) is 0 Å². The van der Waals surface area contributed by atoms with Crippen molar-refractivity contribution in [3.05, 3.63) is 71.0 Å². The van der Waals surface area contributed by atoms with Gasteiger partial charge in [0.15, 0.2) is 0 Å². The number of likely N-dealkylation sites (tertiary alicyclic amines) is 2. The van der Waals surface area contributed by atoms with E-state index in [1.54, 1.807) is 6.33 Å². The van der Waals surface area contributed by atoms with Crippen LogP contribution in [0.25, 0.3) is 0 Å². The number of thioether (sulfide) groups is 1. The van der Waals surface area contributed by atoms with E-state index < -0.39 is 0 Å². The Bertz CT molecular complexity index is 1520. The fraction of sp³-hybridized carbons (Fsp3) is 0.500. The Balaban J connectivity index is 1.03. The summed E-state index contributed by atoms with van der Waals surface area (Å²) < 4.78 is 12.3. The van der Waals surface area contributed by atoms with Crippen molar-refractivity contribution < 1.29 is 14.3 Å². The predicted octanol–water partition coefficient (Wildman–Crippen LogP) is 5.98. The first kappa shape index (κ1) is 29.2. The second-order valence-corrected chi connectivity index (χ2v) is 14.5. The Morgan fingerprint density at radius 2 is 1.89 bits per heavy atom. The molecule has 0 aliphatic carbocycles. The van der Waals surface area contributed by atoms with Crippen LogP contribution in [0.4, 0.5) is 22.1 Å². The van der Waals surface area contributed by atoms with Gasteiger partial charge < -0.3 is 24.6 Å². The molecular formula is C34H42N6O3S. The van der Waals surface area contributed by atoms with E-state index in [1.807, 2.05) is 47.0 Å². The molecule has 0 spiro atoms. The molecule has 2 aromatic carbocycles. The molecule has 9 nitrogen and oxygen atoms in total. The van der Waals surface area contributed by atoms with Gasteiger partial charge in [0.05, 0.1) is 11.3 Å². The van der Waals surface area contributed by atoms with Crippen LogP contribution in [0.2, 0.25) is 0 Å². The molecule has 4 aliphatic heterocycles. The Hall–Kier alpha value is -3.50. The normalized spacial score (nSPS) is 23.1. The van der Waals surface area contributed by atoms with Crippen LogP contribution in [0.5, 0.6) is 5.75 Å². The Morgan fingerprint density at radius 3 is 2.66 bits per heavy atom. The van der Waals surface area contributed by atoms with Crippen molar-refractivity contribution in [1.29, 1.82) is 0 Å². The first-order valence-corrected chi connectivity index (χ1v) is 16.9. The summed E-state index contributed by atoms with van der Waals surface area (Å²) in [6.07, 6.45) is 1.28. The zero-order chi connectivity index (χ0) is 30.4. The molecule has 3 aromatic rings. The standard InChI is InChI=1S/C34H42N6O3S/c1-22-14-25(15-27-30(22)43-23(2)29-31(37-27)35-21-36-32(29)38-10-12-44-13-11-38)26-16-39(17-26)28-18-40(20-34(28,3)4)33(41)42-19-24-8-6-5-7-9-24/h5-9,14-15,21,23,26,28H,10-13,16-20H2,1-4H3,(H,35,36,37). The minimum absolute atomic E-state index is 0.0138. The van der Waals surface area contributed by atoms with Gasteiger partial charge in [0.25, 0.3) is 0 Å². The number of hydrogen-bond acceptors (Lipinski definition) is 9. The molecule has 1 aromatic heterocycles. The quantitative estimate of drug-likeness (QED) is 0.373. The van der Waals surface area contributed by atoms with Gasteiger partial charge in [-0.05, 0) is 42.0 Å². The van der Waals surface area contributed by atoms with Crippen LogP contribution in [0.1, 0.15) is 55.0 Å². The third kappa shape index (κ3) is 5.58. The van der Waals surface area contributed by atoms with Gasteiger partial charge in [0.2, 0.25) is 0 Å². The van der Waals surface area contributed by atoms with Gasteiger partial charge in [-0.3, -0.25) is 4.90 Å². The van der Waals surface area contributed by atoms with Gasteiger partial charge in [-0.25, -0.2) is 14.8 Å². The van der Waals surface area contributed by atoms with E-state index in [0.717, 1.165) is 77.4 Å². The molecule has 0 radical (unpaired) electrons.